The highest BCUT2D eigenvalue weighted by atomic mass is 16.5. The van der Waals surface area contributed by atoms with Crippen LogP contribution >= 0.6 is 0 Å². The monoisotopic (exact) mass is 190 g/mol. The summed E-state index contributed by atoms with van der Waals surface area (Å²) in [5.41, 5.74) is 3.45. The highest BCUT2D eigenvalue weighted by Gasteiger charge is 2.34. The zero-order chi connectivity index (χ0) is 9.71. The van der Waals surface area contributed by atoms with E-state index >= 15 is 0 Å². The van der Waals surface area contributed by atoms with Crippen LogP contribution in [0.25, 0.3) is 0 Å². The third-order valence-corrected chi connectivity index (χ3v) is 2.73. The van der Waals surface area contributed by atoms with Gasteiger partial charge in [0.1, 0.15) is 0 Å². The molecule has 2 N–H and O–H groups in total. The number of hydrogen-bond donors (Lipinski definition) is 2. The molecule has 0 saturated heterocycles. The average Bonchev–Trinajstić information content (AvgIpc) is 2.71. The number of benzene rings is 1. The van der Waals surface area contributed by atoms with Crippen molar-refractivity contribution in [2.24, 2.45) is 0 Å². The molecule has 0 atom stereocenters. The summed E-state index contributed by atoms with van der Waals surface area (Å²) < 4.78 is 10.1. The SMILES string of the molecule is OB1OCc2cc3c(cc21)COB3O. The standard InChI is InChI=1S/C8H8B2O4/c11-9-7-1-5-3-13-10(12)8(5)2-6(7)4-14-9/h1-2,11-12H,3-4H2. The molecule has 3 rings (SSSR count). The van der Waals surface area contributed by atoms with Crippen molar-refractivity contribution < 1.29 is 19.4 Å². The molecule has 0 spiro atoms. The summed E-state index contributed by atoms with van der Waals surface area (Å²) in [5.74, 6) is 0. The zero-order valence-electron chi connectivity index (χ0n) is 7.43. The Labute approximate surface area is 81.8 Å². The molecule has 0 radical (unpaired) electrons. The van der Waals surface area contributed by atoms with Crippen molar-refractivity contribution in [3.05, 3.63) is 23.3 Å². The zero-order valence-corrected chi connectivity index (χ0v) is 7.43. The summed E-state index contributed by atoms with van der Waals surface area (Å²) in [5, 5.41) is 18.9. The van der Waals surface area contributed by atoms with Crippen LogP contribution in [0.3, 0.4) is 0 Å². The Morgan fingerprint density at radius 2 is 1.36 bits per heavy atom. The van der Waals surface area contributed by atoms with Crippen LogP contribution in [-0.4, -0.2) is 24.3 Å². The van der Waals surface area contributed by atoms with Crippen molar-refractivity contribution in [3.8, 4) is 0 Å². The molecule has 0 fully saturated rings. The third kappa shape index (κ3) is 1.05. The van der Waals surface area contributed by atoms with E-state index in [-0.39, 0.29) is 0 Å². The van der Waals surface area contributed by atoms with Gasteiger partial charge in [0, 0.05) is 0 Å². The molecule has 0 bridgehead atoms. The molecule has 70 valence electrons. The second-order valence-corrected chi connectivity index (χ2v) is 3.58. The van der Waals surface area contributed by atoms with E-state index in [1.165, 1.54) is 0 Å². The van der Waals surface area contributed by atoms with Gasteiger partial charge in [-0.25, -0.2) is 0 Å². The van der Waals surface area contributed by atoms with Crippen LogP contribution in [0.5, 0.6) is 0 Å². The Bertz CT molecular complexity index is 357. The minimum atomic E-state index is -0.826. The van der Waals surface area contributed by atoms with Crippen LogP contribution in [0.4, 0.5) is 0 Å². The molecule has 0 amide bonds. The molecular formula is C8H8B2O4. The lowest BCUT2D eigenvalue weighted by molar-refractivity contribution is 0.274. The Hall–Kier alpha value is -0.810. The Kier molecular flexibility index (Phi) is 1.72. The van der Waals surface area contributed by atoms with Gasteiger partial charge in [0.25, 0.3) is 0 Å². The number of hydrogen-bond acceptors (Lipinski definition) is 4. The smallest absolute Gasteiger partial charge is 0.423 e. The second kappa shape index (κ2) is 2.84. The minimum Gasteiger partial charge on any atom is -0.423 e. The lowest BCUT2D eigenvalue weighted by atomic mass is 9.73. The normalized spacial score (nSPS) is 18.7. The molecule has 14 heavy (non-hydrogen) atoms. The molecule has 1 aromatic carbocycles. The molecule has 0 unspecified atom stereocenters. The van der Waals surface area contributed by atoms with Crippen molar-refractivity contribution in [3.63, 3.8) is 0 Å². The van der Waals surface area contributed by atoms with Gasteiger partial charge in [0.15, 0.2) is 0 Å². The van der Waals surface area contributed by atoms with Gasteiger partial charge in [-0.1, -0.05) is 12.1 Å². The highest BCUT2D eigenvalue weighted by Crippen LogP contribution is 2.14. The molecule has 0 saturated carbocycles. The molecule has 0 aromatic heterocycles. The fourth-order valence-corrected chi connectivity index (χ4v) is 1.95. The van der Waals surface area contributed by atoms with Gasteiger partial charge < -0.3 is 19.4 Å². The Morgan fingerprint density at radius 1 is 0.929 bits per heavy atom. The van der Waals surface area contributed by atoms with Crippen LogP contribution in [0, 0.1) is 0 Å². The van der Waals surface area contributed by atoms with E-state index in [1.54, 1.807) is 0 Å². The van der Waals surface area contributed by atoms with E-state index in [0.717, 1.165) is 22.1 Å². The molecule has 2 aliphatic rings. The highest BCUT2D eigenvalue weighted by molar-refractivity contribution is 6.64. The van der Waals surface area contributed by atoms with Crippen molar-refractivity contribution in [2.75, 3.05) is 0 Å². The maximum Gasteiger partial charge on any atom is 0.491 e. The molecule has 2 aliphatic heterocycles. The second-order valence-electron chi connectivity index (χ2n) is 3.58. The first-order chi connectivity index (χ1) is 6.75. The lowest BCUT2D eigenvalue weighted by Crippen LogP contribution is -2.33. The van der Waals surface area contributed by atoms with Gasteiger partial charge in [-0.15, -0.1) is 0 Å². The molecule has 4 nitrogen and oxygen atoms in total. The first kappa shape index (κ1) is 8.49. The fraction of sp³-hybridized carbons (Fsp3) is 0.250. The summed E-state index contributed by atoms with van der Waals surface area (Å²) in [6, 6.07) is 3.69. The largest absolute Gasteiger partial charge is 0.491 e. The van der Waals surface area contributed by atoms with Crippen molar-refractivity contribution in [1.82, 2.24) is 0 Å². The maximum atomic E-state index is 9.45. The van der Waals surface area contributed by atoms with E-state index < -0.39 is 14.2 Å². The minimum absolute atomic E-state index is 0.399. The molecule has 0 aliphatic carbocycles. The first-order valence-electron chi connectivity index (χ1n) is 4.50. The first-order valence-corrected chi connectivity index (χ1v) is 4.50. The summed E-state index contributed by atoms with van der Waals surface area (Å²) in [4.78, 5) is 0. The molecule has 6 heteroatoms. The van der Waals surface area contributed by atoms with Crippen molar-refractivity contribution in [1.29, 1.82) is 0 Å². The lowest BCUT2D eigenvalue weighted by Gasteiger charge is -2.02. The van der Waals surface area contributed by atoms with Gasteiger partial charge in [0.2, 0.25) is 0 Å². The average molecular weight is 190 g/mol. The summed E-state index contributed by atoms with van der Waals surface area (Å²) in [6.07, 6.45) is 0. The van der Waals surface area contributed by atoms with E-state index in [9.17, 15) is 10.0 Å². The van der Waals surface area contributed by atoms with Gasteiger partial charge in [-0.3, -0.25) is 0 Å². The van der Waals surface area contributed by atoms with E-state index in [2.05, 4.69) is 0 Å². The number of rotatable bonds is 0. The predicted molar refractivity (Wildman–Crippen MR) is 51.2 cm³/mol. The van der Waals surface area contributed by atoms with Crippen LogP contribution < -0.4 is 10.9 Å². The van der Waals surface area contributed by atoms with Crippen LogP contribution in [0.1, 0.15) is 11.1 Å². The van der Waals surface area contributed by atoms with Gasteiger partial charge in [-0.05, 0) is 22.1 Å². The fourth-order valence-electron chi connectivity index (χ4n) is 1.95. The summed E-state index contributed by atoms with van der Waals surface area (Å²) in [6.45, 7) is 0.799. The number of fused-ring (bicyclic) bond motifs is 2. The van der Waals surface area contributed by atoms with E-state index in [1.807, 2.05) is 12.1 Å². The molecule has 1 aromatic rings. The Morgan fingerprint density at radius 3 is 1.79 bits per heavy atom. The summed E-state index contributed by atoms with van der Waals surface area (Å²) in [7, 11) is -1.65. The quantitative estimate of drug-likeness (QED) is 0.470. The van der Waals surface area contributed by atoms with E-state index in [0.29, 0.717) is 13.2 Å². The summed E-state index contributed by atoms with van der Waals surface area (Å²) >= 11 is 0. The topological polar surface area (TPSA) is 58.9 Å². The molecule has 2 heterocycles. The van der Waals surface area contributed by atoms with Crippen molar-refractivity contribution in [2.45, 2.75) is 13.2 Å². The van der Waals surface area contributed by atoms with Crippen LogP contribution in [0.15, 0.2) is 12.1 Å². The maximum absolute atomic E-state index is 9.45. The van der Waals surface area contributed by atoms with Crippen LogP contribution in [-0.2, 0) is 22.5 Å². The Balaban J connectivity index is 2.15. The van der Waals surface area contributed by atoms with Gasteiger partial charge in [0.05, 0.1) is 13.2 Å². The predicted octanol–water partition coefficient (Wildman–Crippen LogP) is -1.88. The van der Waals surface area contributed by atoms with E-state index in [4.69, 9.17) is 9.31 Å². The van der Waals surface area contributed by atoms with Gasteiger partial charge >= 0.3 is 14.2 Å². The van der Waals surface area contributed by atoms with Crippen LogP contribution in [0.2, 0.25) is 0 Å². The third-order valence-electron chi connectivity index (χ3n) is 2.73. The van der Waals surface area contributed by atoms with Crippen molar-refractivity contribution >= 4 is 25.2 Å². The molecular weight excluding hydrogens is 182 g/mol. The van der Waals surface area contributed by atoms with Gasteiger partial charge in [-0.2, -0.15) is 0 Å².